The van der Waals surface area contributed by atoms with Crippen LogP contribution in [-0.2, 0) is 9.53 Å². The van der Waals surface area contributed by atoms with E-state index in [0.717, 1.165) is 5.56 Å². The summed E-state index contributed by atoms with van der Waals surface area (Å²) >= 11 is 0. The number of nitrogens with one attached hydrogen (secondary N) is 2. The van der Waals surface area contributed by atoms with Gasteiger partial charge in [-0.25, -0.2) is 0 Å². The van der Waals surface area contributed by atoms with E-state index in [2.05, 4.69) is 15.6 Å². The number of hydrogen-bond donors (Lipinski definition) is 2. The lowest BCUT2D eigenvalue weighted by atomic mass is 10.1. The first-order valence-electron chi connectivity index (χ1n) is 5.63. The second-order valence-corrected chi connectivity index (χ2v) is 3.74. The van der Waals surface area contributed by atoms with Gasteiger partial charge in [0.05, 0.1) is 19.2 Å². The van der Waals surface area contributed by atoms with Crippen molar-refractivity contribution in [3.8, 4) is 0 Å². The molecule has 0 aromatic carbocycles. The van der Waals surface area contributed by atoms with Crippen molar-refractivity contribution in [2.24, 2.45) is 0 Å². The van der Waals surface area contributed by atoms with E-state index in [4.69, 9.17) is 4.74 Å². The molecule has 0 aliphatic rings. The van der Waals surface area contributed by atoms with Crippen molar-refractivity contribution in [1.82, 2.24) is 15.6 Å². The highest BCUT2D eigenvalue weighted by atomic mass is 16.5. The molecule has 0 aliphatic carbocycles. The summed E-state index contributed by atoms with van der Waals surface area (Å²) < 4.78 is 4.87. The van der Waals surface area contributed by atoms with E-state index in [1.807, 2.05) is 19.1 Å². The third-order valence-electron chi connectivity index (χ3n) is 2.35. The molecule has 94 valence electrons. The van der Waals surface area contributed by atoms with Gasteiger partial charge in [-0.3, -0.25) is 9.78 Å². The number of aromatic nitrogens is 1. The minimum Gasteiger partial charge on any atom is -0.383 e. The van der Waals surface area contributed by atoms with Crippen molar-refractivity contribution in [2.45, 2.75) is 13.0 Å². The molecule has 5 heteroatoms. The summed E-state index contributed by atoms with van der Waals surface area (Å²) in [4.78, 5) is 15.5. The van der Waals surface area contributed by atoms with Crippen LogP contribution in [0.5, 0.6) is 0 Å². The van der Waals surface area contributed by atoms with Gasteiger partial charge < -0.3 is 15.4 Å². The van der Waals surface area contributed by atoms with Crippen LogP contribution >= 0.6 is 0 Å². The van der Waals surface area contributed by atoms with Crippen LogP contribution in [0.4, 0.5) is 0 Å². The molecule has 5 nitrogen and oxygen atoms in total. The molecule has 0 saturated carbocycles. The zero-order valence-corrected chi connectivity index (χ0v) is 10.3. The molecular formula is C12H19N3O2. The van der Waals surface area contributed by atoms with Crippen molar-refractivity contribution in [1.29, 1.82) is 0 Å². The molecule has 0 radical (unpaired) electrons. The number of rotatable bonds is 7. The van der Waals surface area contributed by atoms with Gasteiger partial charge in [0.15, 0.2) is 0 Å². The Hall–Kier alpha value is -1.46. The monoisotopic (exact) mass is 237 g/mol. The van der Waals surface area contributed by atoms with E-state index in [-0.39, 0.29) is 11.9 Å². The summed E-state index contributed by atoms with van der Waals surface area (Å²) in [6, 6.07) is 3.78. The average Bonchev–Trinajstić information content (AvgIpc) is 2.36. The lowest BCUT2D eigenvalue weighted by Gasteiger charge is -2.14. The Balaban J connectivity index is 2.26. The molecule has 2 N–H and O–H groups in total. The van der Waals surface area contributed by atoms with Gasteiger partial charge >= 0.3 is 0 Å². The molecule has 1 amide bonds. The maximum Gasteiger partial charge on any atom is 0.234 e. The highest BCUT2D eigenvalue weighted by molar-refractivity contribution is 5.78. The Bertz CT molecular complexity index is 330. The first-order valence-corrected chi connectivity index (χ1v) is 5.63. The van der Waals surface area contributed by atoms with Crippen molar-refractivity contribution in [3.05, 3.63) is 30.1 Å². The van der Waals surface area contributed by atoms with Gasteiger partial charge in [-0.15, -0.1) is 0 Å². The summed E-state index contributed by atoms with van der Waals surface area (Å²) in [6.07, 6.45) is 3.43. The maximum atomic E-state index is 11.6. The third kappa shape index (κ3) is 5.42. The fourth-order valence-electron chi connectivity index (χ4n) is 1.40. The molecule has 0 spiro atoms. The summed E-state index contributed by atoms with van der Waals surface area (Å²) in [5.74, 6) is -0.0228. The SMILES string of the molecule is COCCNCC(=O)NC(C)c1ccncc1. The second kappa shape index (κ2) is 7.76. The molecule has 0 aliphatic heterocycles. The molecule has 0 saturated heterocycles. The van der Waals surface area contributed by atoms with Crippen molar-refractivity contribution in [2.75, 3.05) is 26.8 Å². The first-order chi connectivity index (χ1) is 8.24. The van der Waals surface area contributed by atoms with E-state index in [9.17, 15) is 4.79 Å². The van der Waals surface area contributed by atoms with Gasteiger partial charge in [0.2, 0.25) is 5.91 Å². The summed E-state index contributed by atoms with van der Waals surface area (Å²) in [7, 11) is 1.63. The van der Waals surface area contributed by atoms with Crippen LogP contribution in [0.1, 0.15) is 18.5 Å². The number of carbonyl (C=O) groups excluding carboxylic acids is 1. The van der Waals surface area contributed by atoms with Crippen LogP contribution in [-0.4, -0.2) is 37.7 Å². The second-order valence-electron chi connectivity index (χ2n) is 3.74. The average molecular weight is 237 g/mol. The van der Waals surface area contributed by atoms with Gasteiger partial charge in [-0.05, 0) is 24.6 Å². The molecule has 1 rings (SSSR count). The minimum atomic E-state index is -0.0228. The van der Waals surface area contributed by atoms with Gasteiger partial charge in [-0.1, -0.05) is 0 Å². The molecule has 1 atom stereocenters. The Morgan fingerprint density at radius 2 is 2.18 bits per heavy atom. The molecule has 1 aromatic rings. The smallest absolute Gasteiger partial charge is 0.234 e. The Morgan fingerprint density at radius 1 is 1.47 bits per heavy atom. The van der Waals surface area contributed by atoms with E-state index in [1.165, 1.54) is 0 Å². The number of ether oxygens (including phenoxy) is 1. The van der Waals surface area contributed by atoms with Gasteiger partial charge in [0.1, 0.15) is 0 Å². The van der Waals surface area contributed by atoms with Crippen LogP contribution in [0.2, 0.25) is 0 Å². The van der Waals surface area contributed by atoms with E-state index < -0.39 is 0 Å². The molecule has 17 heavy (non-hydrogen) atoms. The highest BCUT2D eigenvalue weighted by Gasteiger charge is 2.08. The molecular weight excluding hydrogens is 218 g/mol. The topological polar surface area (TPSA) is 63.2 Å². The van der Waals surface area contributed by atoms with E-state index in [0.29, 0.717) is 19.7 Å². The van der Waals surface area contributed by atoms with Crippen molar-refractivity contribution in [3.63, 3.8) is 0 Å². The zero-order valence-electron chi connectivity index (χ0n) is 10.3. The van der Waals surface area contributed by atoms with Crippen LogP contribution in [0.3, 0.4) is 0 Å². The Kier molecular flexibility index (Phi) is 6.21. The van der Waals surface area contributed by atoms with Crippen LogP contribution in [0.15, 0.2) is 24.5 Å². The summed E-state index contributed by atoms with van der Waals surface area (Å²) in [6.45, 7) is 3.53. The van der Waals surface area contributed by atoms with Crippen LogP contribution < -0.4 is 10.6 Å². The first kappa shape index (κ1) is 13.6. The number of amides is 1. The van der Waals surface area contributed by atoms with Crippen molar-refractivity contribution < 1.29 is 9.53 Å². The number of carbonyl (C=O) groups is 1. The number of hydrogen-bond acceptors (Lipinski definition) is 4. The molecule has 0 fully saturated rings. The van der Waals surface area contributed by atoms with E-state index in [1.54, 1.807) is 19.5 Å². The van der Waals surface area contributed by atoms with E-state index >= 15 is 0 Å². The van der Waals surface area contributed by atoms with Crippen LogP contribution in [0.25, 0.3) is 0 Å². The minimum absolute atomic E-state index is 0.00488. The summed E-state index contributed by atoms with van der Waals surface area (Å²) in [5.41, 5.74) is 1.05. The predicted octanol–water partition coefficient (Wildman–Crippen LogP) is 0.495. The highest BCUT2D eigenvalue weighted by Crippen LogP contribution is 2.09. The molecule has 1 unspecified atom stereocenters. The number of pyridine rings is 1. The third-order valence-corrected chi connectivity index (χ3v) is 2.35. The van der Waals surface area contributed by atoms with Gasteiger partial charge in [0, 0.05) is 26.0 Å². The fourth-order valence-corrected chi connectivity index (χ4v) is 1.40. The Morgan fingerprint density at radius 3 is 2.82 bits per heavy atom. The molecule has 1 heterocycles. The zero-order chi connectivity index (χ0) is 12.5. The number of nitrogens with zero attached hydrogens (tertiary/aromatic N) is 1. The van der Waals surface area contributed by atoms with Crippen LogP contribution in [0, 0.1) is 0 Å². The molecule has 0 bridgehead atoms. The van der Waals surface area contributed by atoms with Gasteiger partial charge in [0.25, 0.3) is 0 Å². The fraction of sp³-hybridized carbons (Fsp3) is 0.500. The number of methoxy groups -OCH3 is 1. The predicted molar refractivity (Wildman–Crippen MR) is 65.5 cm³/mol. The largest absolute Gasteiger partial charge is 0.383 e. The lowest BCUT2D eigenvalue weighted by Crippen LogP contribution is -2.36. The summed E-state index contributed by atoms with van der Waals surface area (Å²) in [5, 5.41) is 5.90. The molecule has 1 aromatic heterocycles. The van der Waals surface area contributed by atoms with Gasteiger partial charge in [-0.2, -0.15) is 0 Å². The maximum absolute atomic E-state index is 11.6. The normalized spacial score (nSPS) is 12.1. The Labute approximate surface area is 102 Å². The van der Waals surface area contributed by atoms with Crippen molar-refractivity contribution >= 4 is 5.91 Å². The quantitative estimate of drug-likeness (QED) is 0.678. The lowest BCUT2D eigenvalue weighted by molar-refractivity contribution is -0.120. The standard InChI is InChI=1S/C12H19N3O2/c1-10(11-3-5-13-6-4-11)15-12(16)9-14-7-8-17-2/h3-6,10,14H,7-9H2,1-2H3,(H,15,16).